The molecule has 4 rings (SSSR count). The summed E-state index contributed by atoms with van der Waals surface area (Å²) in [5.41, 5.74) is 7.76. The average molecular weight is 553 g/mol. The fourth-order valence-corrected chi connectivity index (χ4v) is 4.89. The van der Waals surface area contributed by atoms with Gasteiger partial charge in [-0.25, -0.2) is 19.2 Å². The van der Waals surface area contributed by atoms with Crippen LogP contribution >= 0.6 is 0 Å². The first kappa shape index (κ1) is 29.0. The molecule has 11 heteroatoms. The van der Waals surface area contributed by atoms with Crippen molar-refractivity contribution in [2.24, 2.45) is 4.99 Å². The number of methoxy groups -OCH3 is 1. The Morgan fingerprint density at radius 1 is 1.23 bits per heavy atom. The molecule has 2 N–H and O–H groups in total. The molecule has 214 valence electrons. The number of nitrogens with two attached hydrogens (primary N) is 1. The van der Waals surface area contributed by atoms with Gasteiger partial charge in [0.05, 0.1) is 28.9 Å². The number of rotatable bonds is 6. The molecule has 40 heavy (non-hydrogen) atoms. The number of aromatic nitrogens is 2. The lowest BCUT2D eigenvalue weighted by Crippen LogP contribution is -2.59. The van der Waals surface area contributed by atoms with E-state index in [1.54, 1.807) is 19.3 Å². The molecule has 0 saturated carbocycles. The average Bonchev–Trinajstić information content (AvgIpc) is 2.88. The summed E-state index contributed by atoms with van der Waals surface area (Å²) in [4.78, 5) is 30.0. The maximum atomic E-state index is 15.2. The molecule has 1 saturated heterocycles. The first-order valence-corrected chi connectivity index (χ1v) is 13.1. The lowest BCUT2D eigenvalue weighted by Gasteiger charge is -2.45. The fourth-order valence-electron chi connectivity index (χ4n) is 4.89. The Morgan fingerprint density at radius 2 is 1.93 bits per heavy atom. The summed E-state index contributed by atoms with van der Waals surface area (Å²) in [7, 11) is 3.03. The Kier molecular flexibility index (Phi) is 8.43. The third kappa shape index (κ3) is 6.09. The van der Waals surface area contributed by atoms with E-state index in [1.807, 2.05) is 57.7 Å². The number of carbonyl (C=O) groups is 1. The highest BCUT2D eigenvalue weighted by Gasteiger charge is 2.35. The van der Waals surface area contributed by atoms with Gasteiger partial charge in [-0.1, -0.05) is 0 Å². The highest BCUT2D eigenvalue weighted by Crippen LogP contribution is 2.37. The summed E-state index contributed by atoms with van der Waals surface area (Å²) in [6, 6.07) is 7.48. The van der Waals surface area contributed by atoms with Crippen LogP contribution < -0.4 is 15.4 Å². The molecule has 0 unspecified atom stereocenters. The van der Waals surface area contributed by atoms with Crippen LogP contribution in [0.5, 0.6) is 5.75 Å². The topological polar surface area (TPSA) is 115 Å². The molecule has 1 aliphatic heterocycles. The number of nitrogen functional groups attached to an aromatic ring is 1. The van der Waals surface area contributed by atoms with E-state index in [0.717, 1.165) is 11.1 Å². The van der Waals surface area contributed by atoms with E-state index in [9.17, 15) is 4.79 Å². The fraction of sp³-hybridized carbons (Fsp3) is 0.448. The summed E-state index contributed by atoms with van der Waals surface area (Å²) in [6.07, 6.45) is 2.88. The SMILES string of the molecule is CN=Cc1cc(-c2ncc3cc(N4C[C@H](C)N(C(=O)OC(C)(C)C)[C@@H](C)C4)ccc3n2)c(OCOC)c(F)c1N. The summed E-state index contributed by atoms with van der Waals surface area (Å²) < 4.78 is 31.3. The van der Waals surface area contributed by atoms with Crippen LogP contribution in [0, 0.1) is 5.82 Å². The van der Waals surface area contributed by atoms with Crippen molar-refractivity contribution in [3.63, 3.8) is 0 Å². The van der Waals surface area contributed by atoms with Gasteiger partial charge < -0.3 is 24.8 Å². The molecule has 10 nitrogen and oxygen atoms in total. The highest BCUT2D eigenvalue weighted by molar-refractivity contribution is 5.91. The van der Waals surface area contributed by atoms with E-state index < -0.39 is 11.4 Å². The second-order valence-electron chi connectivity index (χ2n) is 10.9. The molecule has 2 aromatic carbocycles. The number of benzene rings is 2. The van der Waals surface area contributed by atoms with Crippen LogP contribution in [0.3, 0.4) is 0 Å². The number of anilines is 2. The third-order valence-electron chi connectivity index (χ3n) is 6.57. The largest absolute Gasteiger partial charge is 0.464 e. The Bertz CT molecular complexity index is 1410. The normalized spacial score (nSPS) is 18.0. The first-order valence-electron chi connectivity index (χ1n) is 13.1. The minimum Gasteiger partial charge on any atom is -0.464 e. The Labute approximate surface area is 234 Å². The number of piperazine rings is 1. The number of hydrogen-bond acceptors (Lipinski definition) is 9. The van der Waals surface area contributed by atoms with Crippen molar-refractivity contribution < 1.29 is 23.4 Å². The van der Waals surface area contributed by atoms with Crippen molar-refractivity contribution in [2.45, 2.75) is 52.3 Å². The van der Waals surface area contributed by atoms with E-state index in [4.69, 9.17) is 24.9 Å². The summed E-state index contributed by atoms with van der Waals surface area (Å²) in [5, 5.41) is 0.821. The molecule has 1 aromatic heterocycles. The molecule has 0 spiro atoms. The van der Waals surface area contributed by atoms with Gasteiger partial charge in [-0.15, -0.1) is 0 Å². The van der Waals surface area contributed by atoms with Gasteiger partial charge >= 0.3 is 6.09 Å². The molecule has 2 atom stereocenters. The second kappa shape index (κ2) is 11.6. The van der Waals surface area contributed by atoms with Crippen molar-refractivity contribution >= 4 is 34.6 Å². The van der Waals surface area contributed by atoms with Gasteiger partial charge in [0, 0.05) is 56.3 Å². The monoisotopic (exact) mass is 552 g/mol. The number of nitrogens with zero attached hydrogens (tertiary/aromatic N) is 5. The maximum absolute atomic E-state index is 15.2. The lowest BCUT2D eigenvalue weighted by molar-refractivity contribution is 0.00566. The summed E-state index contributed by atoms with van der Waals surface area (Å²) >= 11 is 0. The number of amides is 1. The van der Waals surface area contributed by atoms with Crippen LogP contribution in [0.4, 0.5) is 20.6 Å². The van der Waals surface area contributed by atoms with E-state index in [2.05, 4.69) is 14.9 Å². The standard InChI is InChI=1S/C29H37FN6O4/c1-17-14-35(15-18(2)36(17)28(37)40-29(3,4)5)21-8-9-23-19(10-21)13-33-27(34-23)22-11-20(12-32-6)25(31)24(30)26(22)39-16-38-7/h8-13,17-18H,14-16,31H2,1-7H3/t17-,18-/m0/s1. The van der Waals surface area contributed by atoms with E-state index in [0.29, 0.717) is 29.7 Å². The predicted octanol–water partition coefficient (Wildman–Crippen LogP) is 4.88. The quantitative estimate of drug-likeness (QED) is 0.261. The molecule has 2 heterocycles. The van der Waals surface area contributed by atoms with Gasteiger partial charge in [0.15, 0.2) is 24.2 Å². The molecule has 0 aliphatic carbocycles. The van der Waals surface area contributed by atoms with Crippen molar-refractivity contribution in [2.75, 3.05) is 44.7 Å². The van der Waals surface area contributed by atoms with Crippen LogP contribution in [-0.2, 0) is 9.47 Å². The van der Waals surface area contributed by atoms with Gasteiger partial charge in [0.25, 0.3) is 0 Å². The number of aliphatic imine (C=N–C) groups is 1. The molecular weight excluding hydrogens is 515 g/mol. The molecule has 3 aromatic rings. The number of halogens is 1. The van der Waals surface area contributed by atoms with Crippen LogP contribution in [-0.4, -0.2) is 78.9 Å². The molecule has 1 fully saturated rings. The van der Waals surface area contributed by atoms with Gasteiger partial charge in [-0.3, -0.25) is 9.89 Å². The minimum atomic E-state index is -0.725. The smallest absolute Gasteiger partial charge is 0.410 e. The molecule has 0 radical (unpaired) electrons. The van der Waals surface area contributed by atoms with Gasteiger partial charge in [-0.2, -0.15) is 0 Å². The van der Waals surface area contributed by atoms with Gasteiger partial charge in [-0.05, 0) is 58.9 Å². The van der Waals surface area contributed by atoms with Crippen LogP contribution in [0.1, 0.15) is 40.2 Å². The van der Waals surface area contributed by atoms with Crippen molar-refractivity contribution in [3.8, 4) is 17.1 Å². The lowest BCUT2D eigenvalue weighted by atomic mass is 10.1. The van der Waals surface area contributed by atoms with E-state index in [-0.39, 0.29) is 42.2 Å². The molecule has 1 aliphatic rings. The summed E-state index contributed by atoms with van der Waals surface area (Å²) in [6.45, 7) is 10.8. The maximum Gasteiger partial charge on any atom is 0.410 e. The van der Waals surface area contributed by atoms with Crippen LogP contribution in [0.25, 0.3) is 22.3 Å². The van der Waals surface area contributed by atoms with Gasteiger partial charge in [0.1, 0.15) is 5.60 Å². The number of carbonyl (C=O) groups excluding carboxylic acids is 1. The molecule has 1 amide bonds. The predicted molar refractivity (Wildman–Crippen MR) is 155 cm³/mol. The Morgan fingerprint density at radius 3 is 2.55 bits per heavy atom. The zero-order valence-corrected chi connectivity index (χ0v) is 24.1. The first-order chi connectivity index (χ1) is 18.9. The Balaban J connectivity index is 1.63. The number of hydrogen-bond donors (Lipinski definition) is 1. The van der Waals surface area contributed by atoms with Crippen LogP contribution in [0.15, 0.2) is 35.5 Å². The van der Waals surface area contributed by atoms with E-state index >= 15 is 4.39 Å². The highest BCUT2D eigenvalue weighted by atomic mass is 19.1. The summed E-state index contributed by atoms with van der Waals surface area (Å²) in [5.74, 6) is -0.532. The number of fused-ring (bicyclic) bond motifs is 1. The van der Waals surface area contributed by atoms with Crippen molar-refractivity contribution in [3.05, 3.63) is 41.8 Å². The Hall–Kier alpha value is -3.99. The second-order valence-corrected chi connectivity index (χ2v) is 10.9. The molecule has 0 bridgehead atoms. The van der Waals surface area contributed by atoms with Crippen molar-refractivity contribution in [1.29, 1.82) is 0 Å². The zero-order valence-electron chi connectivity index (χ0n) is 24.1. The number of ether oxygens (including phenoxy) is 3. The van der Waals surface area contributed by atoms with Crippen molar-refractivity contribution in [1.82, 2.24) is 14.9 Å². The van der Waals surface area contributed by atoms with Crippen LogP contribution in [0.2, 0.25) is 0 Å². The molecular formula is C29H37FN6O4. The zero-order chi connectivity index (χ0) is 29.2. The van der Waals surface area contributed by atoms with E-state index in [1.165, 1.54) is 13.3 Å². The van der Waals surface area contributed by atoms with Gasteiger partial charge in [0.2, 0.25) is 0 Å². The minimum absolute atomic E-state index is 0.0419. The third-order valence-corrected chi connectivity index (χ3v) is 6.57.